The Morgan fingerprint density at radius 3 is 2.30 bits per heavy atom. The highest BCUT2D eigenvalue weighted by Gasteiger charge is 2.10. The van der Waals surface area contributed by atoms with Crippen molar-refractivity contribution in [1.82, 2.24) is 10.2 Å². The number of carbonyl (C=O) groups is 1. The second kappa shape index (κ2) is 7.02. The van der Waals surface area contributed by atoms with E-state index in [9.17, 15) is 4.79 Å². The van der Waals surface area contributed by atoms with Crippen LogP contribution in [0.1, 0.15) is 10.5 Å². The Hall–Kier alpha value is -2.73. The van der Waals surface area contributed by atoms with E-state index in [0.29, 0.717) is 11.5 Å². The topological polar surface area (TPSA) is 66.9 Å². The van der Waals surface area contributed by atoms with E-state index >= 15 is 0 Å². The second-order valence-corrected chi connectivity index (χ2v) is 5.58. The van der Waals surface area contributed by atoms with Crippen LogP contribution in [0.2, 0.25) is 0 Å². The molecule has 0 unspecified atom stereocenters. The summed E-state index contributed by atoms with van der Waals surface area (Å²) in [6.45, 7) is 0. The first-order valence-electron chi connectivity index (χ1n) is 6.94. The average Bonchev–Trinajstić information content (AvgIpc) is 2.58. The summed E-state index contributed by atoms with van der Waals surface area (Å²) in [6.07, 6.45) is 0. The minimum absolute atomic E-state index is 0.249. The number of carbonyl (C=O) groups excluding carboxylic acids is 1. The Balaban J connectivity index is 1.69. The van der Waals surface area contributed by atoms with Gasteiger partial charge in [0.05, 0.1) is 5.69 Å². The average molecular weight is 369 g/mol. The van der Waals surface area contributed by atoms with Crippen molar-refractivity contribution in [3.8, 4) is 0 Å². The lowest BCUT2D eigenvalue weighted by atomic mass is 10.3. The molecule has 0 atom stereocenters. The zero-order chi connectivity index (χ0) is 16.1. The Labute approximate surface area is 141 Å². The van der Waals surface area contributed by atoms with Gasteiger partial charge in [-0.25, -0.2) is 0 Å². The van der Waals surface area contributed by atoms with E-state index in [-0.39, 0.29) is 11.6 Å². The van der Waals surface area contributed by atoms with Gasteiger partial charge in [-0.2, -0.15) is 0 Å². The normalized spacial score (nSPS) is 10.1. The minimum atomic E-state index is -0.310. The van der Waals surface area contributed by atoms with Crippen LogP contribution in [0.3, 0.4) is 0 Å². The molecule has 5 nitrogen and oxygen atoms in total. The maximum Gasteiger partial charge on any atom is 0.276 e. The molecule has 23 heavy (non-hydrogen) atoms. The van der Waals surface area contributed by atoms with E-state index in [2.05, 4.69) is 36.8 Å². The SMILES string of the molecule is O=C(Nc1ccccc1Br)c1ccc(Nc2ccccc2)nn1. The molecule has 0 radical (unpaired) electrons. The fourth-order valence-corrected chi connectivity index (χ4v) is 2.32. The Bertz CT molecular complexity index is 806. The Kier molecular flexibility index (Phi) is 4.63. The van der Waals surface area contributed by atoms with Crippen LogP contribution in [0.5, 0.6) is 0 Å². The molecule has 0 aliphatic carbocycles. The number of nitrogens with one attached hydrogen (secondary N) is 2. The smallest absolute Gasteiger partial charge is 0.276 e. The van der Waals surface area contributed by atoms with Gasteiger partial charge in [0.2, 0.25) is 0 Å². The van der Waals surface area contributed by atoms with Crippen molar-refractivity contribution in [3.63, 3.8) is 0 Å². The molecule has 0 spiro atoms. The standard InChI is InChI=1S/C17H13BrN4O/c18-13-8-4-5-9-14(13)20-17(23)15-10-11-16(22-21-15)19-12-6-2-1-3-7-12/h1-11H,(H,19,22)(H,20,23). The number of hydrogen-bond acceptors (Lipinski definition) is 4. The van der Waals surface area contributed by atoms with Gasteiger partial charge in [0, 0.05) is 10.2 Å². The highest BCUT2D eigenvalue weighted by Crippen LogP contribution is 2.21. The van der Waals surface area contributed by atoms with E-state index in [1.54, 1.807) is 18.2 Å². The number of halogens is 1. The number of benzene rings is 2. The van der Waals surface area contributed by atoms with Crippen LogP contribution in [0.4, 0.5) is 17.2 Å². The van der Waals surface area contributed by atoms with Gasteiger partial charge in [0.25, 0.3) is 5.91 Å². The summed E-state index contributed by atoms with van der Waals surface area (Å²) < 4.78 is 0.809. The number of hydrogen-bond donors (Lipinski definition) is 2. The summed E-state index contributed by atoms with van der Waals surface area (Å²) >= 11 is 3.39. The molecule has 2 N–H and O–H groups in total. The number of aromatic nitrogens is 2. The number of amides is 1. The van der Waals surface area contributed by atoms with Crippen LogP contribution >= 0.6 is 15.9 Å². The van der Waals surface area contributed by atoms with Crippen LogP contribution in [-0.2, 0) is 0 Å². The largest absolute Gasteiger partial charge is 0.339 e. The predicted octanol–water partition coefficient (Wildman–Crippen LogP) is 4.24. The molecule has 0 saturated carbocycles. The van der Waals surface area contributed by atoms with Gasteiger partial charge in [-0.3, -0.25) is 4.79 Å². The Morgan fingerprint density at radius 1 is 0.870 bits per heavy atom. The molecule has 6 heteroatoms. The molecule has 0 bridgehead atoms. The van der Waals surface area contributed by atoms with Crippen LogP contribution in [0.15, 0.2) is 71.2 Å². The van der Waals surface area contributed by atoms with E-state index in [4.69, 9.17) is 0 Å². The maximum absolute atomic E-state index is 12.2. The molecule has 1 amide bonds. The first kappa shape index (κ1) is 15.2. The fourth-order valence-electron chi connectivity index (χ4n) is 1.94. The first-order chi connectivity index (χ1) is 11.2. The zero-order valence-corrected chi connectivity index (χ0v) is 13.6. The molecule has 0 aliphatic rings. The lowest BCUT2D eigenvalue weighted by Crippen LogP contribution is -2.14. The van der Waals surface area contributed by atoms with E-state index < -0.39 is 0 Å². The minimum Gasteiger partial charge on any atom is -0.339 e. The van der Waals surface area contributed by atoms with Gasteiger partial charge in [0.1, 0.15) is 0 Å². The highest BCUT2D eigenvalue weighted by molar-refractivity contribution is 9.10. The van der Waals surface area contributed by atoms with Crippen molar-refractivity contribution in [1.29, 1.82) is 0 Å². The van der Waals surface area contributed by atoms with Crippen LogP contribution in [0.25, 0.3) is 0 Å². The molecule has 2 aromatic carbocycles. The van der Waals surface area contributed by atoms with Crippen LogP contribution in [0, 0.1) is 0 Å². The predicted molar refractivity (Wildman–Crippen MR) is 93.9 cm³/mol. The molecule has 3 aromatic rings. The van der Waals surface area contributed by atoms with Gasteiger partial charge in [0.15, 0.2) is 11.5 Å². The first-order valence-corrected chi connectivity index (χ1v) is 7.73. The molecular weight excluding hydrogens is 356 g/mol. The number of rotatable bonds is 4. The molecule has 3 rings (SSSR count). The van der Waals surface area contributed by atoms with Crippen molar-refractivity contribution < 1.29 is 4.79 Å². The number of anilines is 3. The fraction of sp³-hybridized carbons (Fsp3) is 0. The summed E-state index contributed by atoms with van der Waals surface area (Å²) in [5.41, 5.74) is 1.84. The maximum atomic E-state index is 12.2. The van der Waals surface area contributed by atoms with Crippen molar-refractivity contribution in [2.45, 2.75) is 0 Å². The van der Waals surface area contributed by atoms with Crippen molar-refractivity contribution >= 4 is 39.0 Å². The third-order valence-electron chi connectivity index (χ3n) is 3.07. The van der Waals surface area contributed by atoms with Gasteiger partial charge in [-0.15, -0.1) is 10.2 Å². The molecule has 114 valence electrons. The van der Waals surface area contributed by atoms with E-state index in [1.165, 1.54) is 0 Å². The van der Waals surface area contributed by atoms with Crippen LogP contribution in [-0.4, -0.2) is 16.1 Å². The number of nitrogens with zero attached hydrogens (tertiary/aromatic N) is 2. The van der Waals surface area contributed by atoms with Gasteiger partial charge in [-0.1, -0.05) is 30.3 Å². The molecule has 0 fully saturated rings. The molecular formula is C17H13BrN4O. The highest BCUT2D eigenvalue weighted by atomic mass is 79.9. The molecule has 1 heterocycles. The van der Waals surface area contributed by atoms with Crippen LogP contribution < -0.4 is 10.6 Å². The summed E-state index contributed by atoms with van der Waals surface area (Å²) in [4.78, 5) is 12.2. The zero-order valence-electron chi connectivity index (χ0n) is 12.0. The van der Waals surface area contributed by atoms with E-state index in [0.717, 1.165) is 10.2 Å². The number of para-hydroxylation sites is 2. The third-order valence-corrected chi connectivity index (χ3v) is 3.76. The summed E-state index contributed by atoms with van der Waals surface area (Å²) in [6, 6.07) is 20.4. The lowest BCUT2D eigenvalue weighted by molar-refractivity contribution is 0.102. The molecule has 1 aromatic heterocycles. The summed E-state index contributed by atoms with van der Waals surface area (Å²) in [5.74, 6) is 0.268. The molecule has 0 saturated heterocycles. The Morgan fingerprint density at radius 2 is 1.61 bits per heavy atom. The van der Waals surface area contributed by atoms with Crippen molar-refractivity contribution in [3.05, 3.63) is 76.9 Å². The van der Waals surface area contributed by atoms with Gasteiger partial charge >= 0.3 is 0 Å². The van der Waals surface area contributed by atoms with Gasteiger partial charge < -0.3 is 10.6 Å². The monoisotopic (exact) mass is 368 g/mol. The quantitative estimate of drug-likeness (QED) is 0.722. The third kappa shape index (κ3) is 3.92. The van der Waals surface area contributed by atoms with E-state index in [1.807, 2.05) is 48.5 Å². The van der Waals surface area contributed by atoms with Gasteiger partial charge in [-0.05, 0) is 52.3 Å². The molecule has 0 aliphatic heterocycles. The van der Waals surface area contributed by atoms with Crippen molar-refractivity contribution in [2.75, 3.05) is 10.6 Å². The van der Waals surface area contributed by atoms with Crippen molar-refractivity contribution in [2.24, 2.45) is 0 Å². The summed E-state index contributed by atoms with van der Waals surface area (Å²) in [5, 5.41) is 13.9. The summed E-state index contributed by atoms with van der Waals surface area (Å²) in [7, 11) is 0. The second-order valence-electron chi connectivity index (χ2n) is 4.73. The lowest BCUT2D eigenvalue weighted by Gasteiger charge is -2.07.